The summed E-state index contributed by atoms with van der Waals surface area (Å²) in [5.41, 5.74) is 1.34. The fourth-order valence-corrected chi connectivity index (χ4v) is 3.99. The summed E-state index contributed by atoms with van der Waals surface area (Å²) >= 11 is 1.92. The van der Waals surface area contributed by atoms with Crippen LogP contribution in [0.2, 0.25) is 0 Å². The van der Waals surface area contributed by atoms with Crippen LogP contribution in [0, 0.1) is 0 Å². The lowest BCUT2D eigenvalue weighted by Gasteiger charge is -2.19. The molecule has 106 valence electrons. The zero-order chi connectivity index (χ0) is 13.2. The molecular formula is C15H25N3S. The monoisotopic (exact) mass is 279 g/mol. The number of nitrogens with zero attached hydrogens (tertiary/aromatic N) is 2. The van der Waals surface area contributed by atoms with E-state index in [0.29, 0.717) is 6.04 Å². The Morgan fingerprint density at radius 1 is 1.37 bits per heavy atom. The van der Waals surface area contributed by atoms with Crippen molar-refractivity contribution in [2.24, 2.45) is 0 Å². The number of aryl methyl sites for hydroxylation is 1. The van der Waals surface area contributed by atoms with Gasteiger partial charge in [0.15, 0.2) is 5.13 Å². The Balaban J connectivity index is 1.74. The maximum Gasteiger partial charge on any atom is 0.186 e. The predicted octanol–water partition coefficient (Wildman–Crippen LogP) is 3.34. The zero-order valence-corrected chi connectivity index (χ0v) is 12.9. The van der Waals surface area contributed by atoms with Gasteiger partial charge < -0.3 is 10.2 Å². The van der Waals surface area contributed by atoms with E-state index in [-0.39, 0.29) is 0 Å². The predicted molar refractivity (Wildman–Crippen MR) is 82.0 cm³/mol. The van der Waals surface area contributed by atoms with Crippen molar-refractivity contribution < 1.29 is 0 Å². The normalized spacial score (nSPS) is 23.3. The summed E-state index contributed by atoms with van der Waals surface area (Å²) in [7, 11) is 0. The summed E-state index contributed by atoms with van der Waals surface area (Å²) in [6.45, 7) is 6.79. The molecule has 1 aliphatic carbocycles. The molecule has 1 atom stereocenters. The van der Waals surface area contributed by atoms with E-state index in [1.54, 1.807) is 0 Å². The van der Waals surface area contributed by atoms with Gasteiger partial charge in [-0.05, 0) is 39.0 Å². The van der Waals surface area contributed by atoms with E-state index in [1.807, 2.05) is 11.3 Å². The fraction of sp³-hybridized carbons (Fsp3) is 0.800. The summed E-state index contributed by atoms with van der Waals surface area (Å²) in [5, 5.41) is 4.90. The second kappa shape index (κ2) is 5.80. The third kappa shape index (κ3) is 3.11. The van der Waals surface area contributed by atoms with Crippen molar-refractivity contribution in [2.75, 3.05) is 11.4 Å². The van der Waals surface area contributed by atoms with Crippen molar-refractivity contribution >= 4 is 16.5 Å². The van der Waals surface area contributed by atoms with E-state index >= 15 is 0 Å². The van der Waals surface area contributed by atoms with Crippen LogP contribution < -0.4 is 10.2 Å². The smallest absolute Gasteiger partial charge is 0.186 e. The highest BCUT2D eigenvalue weighted by atomic mass is 32.1. The van der Waals surface area contributed by atoms with Gasteiger partial charge in [0.2, 0.25) is 0 Å². The minimum absolute atomic E-state index is 0.671. The van der Waals surface area contributed by atoms with Gasteiger partial charge in [-0.2, -0.15) is 0 Å². The van der Waals surface area contributed by atoms with E-state index in [4.69, 9.17) is 4.98 Å². The maximum atomic E-state index is 4.94. The SMILES string of the molecule is CCCc1nc(N2CCCC2C)sc1CNC1CC1. The van der Waals surface area contributed by atoms with Crippen LogP contribution in [0.4, 0.5) is 5.13 Å². The first kappa shape index (κ1) is 13.4. The molecule has 19 heavy (non-hydrogen) atoms. The number of hydrogen-bond donors (Lipinski definition) is 1. The first-order valence-corrected chi connectivity index (χ1v) is 8.58. The Bertz CT molecular complexity index is 425. The number of anilines is 1. The summed E-state index contributed by atoms with van der Waals surface area (Å²) < 4.78 is 0. The van der Waals surface area contributed by atoms with Crippen LogP contribution in [0.3, 0.4) is 0 Å². The molecule has 2 heterocycles. The van der Waals surface area contributed by atoms with Crippen molar-refractivity contribution in [3.8, 4) is 0 Å². The lowest BCUT2D eigenvalue weighted by molar-refractivity contribution is 0.686. The van der Waals surface area contributed by atoms with Crippen molar-refractivity contribution in [3.63, 3.8) is 0 Å². The molecule has 1 aromatic rings. The van der Waals surface area contributed by atoms with Crippen LogP contribution in [-0.4, -0.2) is 23.6 Å². The number of thiazole rings is 1. The van der Waals surface area contributed by atoms with Crippen LogP contribution in [0.25, 0.3) is 0 Å². The average molecular weight is 279 g/mol. The van der Waals surface area contributed by atoms with Gasteiger partial charge in [-0.1, -0.05) is 13.3 Å². The van der Waals surface area contributed by atoms with E-state index < -0.39 is 0 Å². The molecule has 3 rings (SSSR count). The molecule has 3 nitrogen and oxygen atoms in total. The van der Waals surface area contributed by atoms with Crippen molar-refractivity contribution in [3.05, 3.63) is 10.6 Å². The summed E-state index contributed by atoms with van der Waals surface area (Å²) in [4.78, 5) is 8.91. The van der Waals surface area contributed by atoms with Crippen LogP contribution in [0.1, 0.15) is 56.5 Å². The Hall–Kier alpha value is -0.610. The highest BCUT2D eigenvalue weighted by Crippen LogP contribution is 2.32. The zero-order valence-electron chi connectivity index (χ0n) is 12.1. The lowest BCUT2D eigenvalue weighted by Crippen LogP contribution is -2.25. The molecule has 0 amide bonds. The third-order valence-corrected chi connectivity index (χ3v) is 5.32. The minimum Gasteiger partial charge on any atom is -0.345 e. The maximum absolute atomic E-state index is 4.94. The fourth-order valence-electron chi connectivity index (χ4n) is 2.80. The van der Waals surface area contributed by atoms with Gasteiger partial charge in [-0.3, -0.25) is 0 Å². The molecule has 4 heteroatoms. The molecule has 1 saturated carbocycles. The van der Waals surface area contributed by atoms with E-state index in [0.717, 1.165) is 19.0 Å². The topological polar surface area (TPSA) is 28.2 Å². The largest absolute Gasteiger partial charge is 0.345 e. The molecule has 1 saturated heterocycles. The standard InChI is InChI=1S/C15H25N3S/c1-3-5-13-14(10-16-12-7-8-12)19-15(17-13)18-9-4-6-11(18)2/h11-12,16H,3-10H2,1-2H3. The first-order valence-electron chi connectivity index (χ1n) is 7.76. The summed E-state index contributed by atoms with van der Waals surface area (Å²) in [5.74, 6) is 0. The molecule has 0 radical (unpaired) electrons. The Kier molecular flexibility index (Phi) is 4.08. The van der Waals surface area contributed by atoms with Crippen molar-refractivity contribution in [2.45, 2.75) is 71.0 Å². The Labute approximate surface area is 120 Å². The van der Waals surface area contributed by atoms with E-state index in [9.17, 15) is 0 Å². The van der Waals surface area contributed by atoms with Crippen LogP contribution in [0.5, 0.6) is 0 Å². The van der Waals surface area contributed by atoms with Crippen LogP contribution in [-0.2, 0) is 13.0 Å². The molecule has 1 aliphatic heterocycles. The molecule has 1 unspecified atom stereocenters. The minimum atomic E-state index is 0.671. The molecule has 1 aromatic heterocycles. The number of rotatable bonds is 6. The van der Waals surface area contributed by atoms with Crippen molar-refractivity contribution in [1.29, 1.82) is 0 Å². The second-order valence-corrected chi connectivity index (χ2v) is 7.02. The lowest BCUT2D eigenvalue weighted by atomic mass is 10.2. The van der Waals surface area contributed by atoms with E-state index in [2.05, 4.69) is 24.1 Å². The first-order chi connectivity index (χ1) is 9.28. The molecule has 2 fully saturated rings. The average Bonchev–Trinajstić information content (AvgIpc) is 3.00. The van der Waals surface area contributed by atoms with Crippen LogP contribution >= 0.6 is 11.3 Å². The molecular weight excluding hydrogens is 254 g/mol. The molecule has 0 spiro atoms. The van der Waals surface area contributed by atoms with Gasteiger partial charge in [-0.15, -0.1) is 11.3 Å². The highest BCUT2D eigenvalue weighted by molar-refractivity contribution is 7.15. The third-order valence-electron chi connectivity index (χ3n) is 4.18. The molecule has 1 N–H and O–H groups in total. The number of hydrogen-bond acceptors (Lipinski definition) is 4. The van der Waals surface area contributed by atoms with Gasteiger partial charge in [0.25, 0.3) is 0 Å². The molecule has 0 aromatic carbocycles. The van der Waals surface area contributed by atoms with Gasteiger partial charge >= 0.3 is 0 Å². The molecule has 0 bridgehead atoms. The number of aromatic nitrogens is 1. The quantitative estimate of drug-likeness (QED) is 0.865. The van der Waals surface area contributed by atoms with Crippen molar-refractivity contribution in [1.82, 2.24) is 10.3 Å². The van der Waals surface area contributed by atoms with Gasteiger partial charge in [0.05, 0.1) is 5.69 Å². The Morgan fingerprint density at radius 3 is 2.84 bits per heavy atom. The number of nitrogens with one attached hydrogen (secondary N) is 1. The summed E-state index contributed by atoms with van der Waals surface area (Å²) in [6.07, 6.45) is 7.67. The summed E-state index contributed by atoms with van der Waals surface area (Å²) in [6, 6.07) is 1.45. The Morgan fingerprint density at radius 2 is 2.21 bits per heavy atom. The highest BCUT2D eigenvalue weighted by Gasteiger charge is 2.25. The van der Waals surface area contributed by atoms with Crippen LogP contribution in [0.15, 0.2) is 0 Å². The second-order valence-electron chi connectivity index (χ2n) is 5.96. The van der Waals surface area contributed by atoms with E-state index in [1.165, 1.54) is 54.4 Å². The molecule has 2 aliphatic rings. The van der Waals surface area contributed by atoms with Gasteiger partial charge in [0.1, 0.15) is 0 Å². The van der Waals surface area contributed by atoms with Gasteiger partial charge in [0, 0.05) is 30.1 Å². The van der Waals surface area contributed by atoms with Gasteiger partial charge in [-0.25, -0.2) is 4.98 Å².